The number of nitrogen functional groups attached to an aromatic ring is 1. The van der Waals surface area contributed by atoms with Crippen LogP contribution in [0.5, 0.6) is 0 Å². The summed E-state index contributed by atoms with van der Waals surface area (Å²) in [6, 6.07) is 13.0. The standard InChI is InChI=1S/C20H17Cl2N5OS/c1-10-6-11-4-2-3-5-15(11)27(10)20-25-17(23)16(18(28)26-20)19(29)24-14-8-12(21)7-13(22)9-14/h2-5,7-10H,6H2,1H3,(H,24,29)(H3,23,25,26,28)/t10-/m1/s1. The number of benzene rings is 2. The Morgan fingerprint density at radius 3 is 2.66 bits per heavy atom. The molecule has 1 aromatic heterocycles. The lowest BCUT2D eigenvalue weighted by Gasteiger charge is -2.23. The minimum atomic E-state index is -0.422. The van der Waals surface area contributed by atoms with Gasteiger partial charge in [-0.25, -0.2) is 0 Å². The molecule has 9 heteroatoms. The SMILES string of the molecule is C[C@@H]1Cc2ccccc2N1c1nc(N)c(C(=S)Nc2cc(Cl)cc(Cl)c2)c(=O)[nH]1. The highest BCUT2D eigenvalue weighted by Gasteiger charge is 2.29. The molecule has 0 aliphatic carbocycles. The van der Waals surface area contributed by atoms with Gasteiger partial charge in [0, 0.05) is 27.5 Å². The maximum Gasteiger partial charge on any atom is 0.264 e. The minimum Gasteiger partial charge on any atom is -0.383 e. The molecule has 2 heterocycles. The fourth-order valence-corrected chi connectivity index (χ4v) is 4.36. The number of nitrogens with zero attached hydrogens (tertiary/aromatic N) is 2. The number of halogens is 2. The Balaban J connectivity index is 1.68. The molecule has 0 amide bonds. The largest absolute Gasteiger partial charge is 0.383 e. The lowest BCUT2D eigenvalue weighted by atomic mass is 10.1. The molecular weight excluding hydrogens is 429 g/mol. The molecule has 4 rings (SSSR count). The average molecular weight is 446 g/mol. The third-order valence-electron chi connectivity index (χ3n) is 4.72. The summed E-state index contributed by atoms with van der Waals surface area (Å²) < 4.78 is 0. The first-order valence-corrected chi connectivity index (χ1v) is 10.0. The Hall–Kier alpha value is -2.61. The van der Waals surface area contributed by atoms with E-state index in [1.165, 1.54) is 5.56 Å². The number of nitrogens with two attached hydrogens (primary N) is 1. The van der Waals surface area contributed by atoms with Crippen molar-refractivity contribution in [1.29, 1.82) is 0 Å². The summed E-state index contributed by atoms with van der Waals surface area (Å²) in [6.45, 7) is 2.07. The lowest BCUT2D eigenvalue weighted by Crippen LogP contribution is -2.31. The fraction of sp³-hybridized carbons (Fsp3) is 0.150. The van der Waals surface area contributed by atoms with Crippen LogP contribution in [-0.4, -0.2) is 21.0 Å². The van der Waals surface area contributed by atoms with E-state index >= 15 is 0 Å². The average Bonchev–Trinajstić information content (AvgIpc) is 2.95. The zero-order chi connectivity index (χ0) is 20.7. The van der Waals surface area contributed by atoms with Crippen molar-refractivity contribution < 1.29 is 0 Å². The summed E-state index contributed by atoms with van der Waals surface area (Å²) in [5, 5.41) is 3.83. The molecular formula is C20H17Cl2N5OS. The van der Waals surface area contributed by atoms with Gasteiger partial charge in [0.25, 0.3) is 5.56 Å². The van der Waals surface area contributed by atoms with Crippen molar-refractivity contribution in [1.82, 2.24) is 9.97 Å². The monoisotopic (exact) mass is 445 g/mol. The predicted molar refractivity (Wildman–Crippen MR) is 123 cm³/mol. The van der Waals surface area contributed by atoms with Crippen LogP contribution in [0.4, 0.5) is 23.1 Å². The third-order valence-corrected chi connectivity index (χ3v) is 5.46. The van der Waals surface area contributed by atoms with Crippen molar-refractivity contribution in [2.24, 2.45) is 0 Å². The quantitative estimate of drug-likeness (QED) is 0.513. The molecule has 1 aliphatic heterocycles. The number of hydrogen-bond acceptors (Lipinski definition) is 5. The normalized spacial score (nSPS) is 15.3. The van der Waals surface area contributed by atoms with Gasteiger partial charge in [0.2, 0.25) is 5.95 Å². The van der Waals surface area contributed by atoms with Crippen LogP contribution in [0.1, 0.15) is 18.1 Å². The number of H-pyrrole nitrogens is 1. The van der Waals surface area contributed by atoms with Crippen LogP contribution in [0.15, 0.2) is 47.3 Å². The van der Waals surface area contributed by atoms with Crippen LogP contribution in [0.25, 0.3) is 0 Å². The van der Waals surface area contributed by atoms with Gasteiger partial charge in [-0.2, -0.15) is 4.98 Å². The predicted octanol–water partition coefficient (Wildman–Crippen LogP) is 4.53. The van der Waals surface area contributed by atoms with Crippen LogP contribution in [0.3, 0.4) is 0 Å². The number of aromatic nitrogens is 2. The Labute approximate surface area is 182 Å². The van der Waals surface area contributed by atoms with E-state index in [1.54, 1.807) is 18.2 Å². The first-order valence-electron chi connectivity index (χ1n) is 8.88. The fourth-order valence-electron chi connectivity index (χ4n) is 3.52. The third kappa shape index (κ3) is 3.81. The number of para-hydroxylation sites is 1. The zero-order valence-electron chi connectivity index (χ0n) is 15.4. The van der Waals surface area contributed by atoms with Crippen molar-refractivity contribution in [3.8, 4) is 0 Å². The van der Waals surface area contributed by atoms with Crippen molar-refractivity contribution in [3.05, 3.63) is 74.0 Å². The molecule has 4 N–H and O–H groups in total. The van der Waals surface area contributed by atoms with E-state index in [4.69, 9.17) is 41.2 Å². The Morgan fingerprint density at radius 2 is 1.97 bits per heavy atom. The van der Waals surface area contributed by atoms with Crippen LogP contribution in [-0.2, 0) is 6.42 Å². The molecule has 0 radical (unpaired) electrons. The number of fused-ring (bicyclic) bond motifs is 1. The first kappa shape index (κ1) is 19.7. The summed E-state index contributed by atoms with van der Waals surface area (Å²) in [4.78, 5) is 22.2. The summed E-state index contributed by atoms with van der Waals surface area (Å²) in [5.74, 6) is 0.438. The second-order valence-corrected chi connectivity index (χ2v) is 8.10. The first-order chi connectivity index (χ1) is 13.8. The zero-order valence-corrected chi connectivity index (χ0v) is 17.7. The van der Waals surface area contributed by atoms with Gasteiger partial charge in [-0.15, -0.1) is 0 Å². The Kier molecular flexibility index (Phi) is 5.21. The molecule has 6 nitrogen and oxygen atoms in total. The van der Waals surface area contributed by atoms with Gasteiger partial charge in [-0.05, 0) is 43.2 Å². The molecule has 0 unspecified atom stereocenters. The molecule has 1 atom stereocenters. The van der Waals surface area contributed by atoms with Crippen LogP contribution in [0, 0.1) is 0 Å². The van der Waals surface area contributed by atoms with Gasteiger partial charge in [-0.3, -0.25) is 9.78 Å². The molecule has 1 aliphatic rings. The summed E-state index contributed by atoms with van der Waals surface area (Å²) in [5.41, 5.74) is 8.56. The smallest absolute Gasteiger partial charge is 0.264 e. The maximum absolute atomic E-state index is 12.8. The van der Waals surface area contributed by atoms with E-state index in [-0.39, 0.29) is 22.4 Å². The van der Waals surface area contributed by atoms with Crippen molar-refractivity contribution >= 4 is 63.5 Å². The van der Waals surface area contributed by atoms with Gasteiger partial charge >= 0.3 is 0 Å². The van der Waals surface area contributed by atoms with Crippen molar-refractivity contribution in [2.75, 3.05) is 16.0 Å². The number of nitrogens with one attached hydrogen (secondary N) is 2. The number of rotatable bonds is 3. The molecule has 0 saturated heterocycles. The highest BCUT2D eigenvalue weighted by Crippen LogP contribution is 2.36. The number of anilines is 4. The summed E-state index contributed by atoms with van der Waals surface area (Å²) in [7, 11) is 0. The second kappa shape index (κ2) is 7.67. The second-order valence-electron chi connectivity index (χ2n) is 6.81. The maximum atomic E-state index is 12.8. The van der Waals surface area contributed by atoms with E-state index in [1.807, 2.05) is 23.1 Å². The Morgan fingerprint density at radius 1 is 1.28 bits per heavy atom. The summed E-state index contributed by atoms with van der Waals surface area (Å²) >= 11 is 17.4. The molecule has 29 heavy (non-hydrogen) atoms. The van der Waals surface area contributed by atoms with Gasteiger partial charge in [0.1, 0.15) is 16.4 Å². The van der Waals surface area contributed by atoms with E-state index in [0.29, 0.717) is 21.7 Å². The van der Waals surface area contributed by atoms with Crippen LogP contribution in [0.2, 0.25) is 10.0 Å². The van der Waals surface area contributed by atoms with E-state index in [2.05, 4.69) is 28.3 Å². The minimum absolute atomic E-state index is 0.0472. The van der Waals surface area contributed by atoms with Gasteiger partial charge in [0.15, 0.2) is 0 Å². The van der Waals surface area contributed by atoms with E-state index in [0.717, 1.165) is 12.1 Å². The molecule has 2 aromatic carbocycles. The van der Waals surface area contributed by atoms with Gasteiger partial charge in [-0.1, -0.05) is 53.6 Å². The lowest BCUT2D eigenvalue weighted by molar-refractivity contribution is 0.738. The Bertz CT molecular complexity index is 1160. The molecule has 3 aromatic rings. The molecule has 0 bridgehead atoms. The molecule has 148 valence electrons. The number of hydrogen-bond donors (Lipinski definition) is 3. The van der Waals surface area contributed by atoms with E-state index in [9.17, 15) is 4.79 Å². The van der Waals surface area contributed by atoms with Gasteiger partial charge in [0.05, 0.1) is 0 Å². The van der Waals surface area contributed by atoms with Crippen LogP contribution < -0.4 is 21.5 Å². The molecule has 0 spiro atoms. The highest BCUT2D eigenvalue weighted by atomic mass is 35.5. The van der Waals surface area contributed by atoms with Crippen molar-refractivity contribution in [2.45, 2.75) is 19.4 Å². The van der Waals surface area contributed by atoms with Crippen LogP contribution >= 0.6 is 35.4 Å². The highest BCUT2D eigenvalue weighted by molar-refractivity contribution is 7.81. The number of thiocarbonyl (C=S) groups is 1. The summed E-state index contributed by atoms with van der Waals surface area (Å²) in [6.07, 6.45) is 0.858. The van der Waals surface area contributed by atoms with E-state index < -0.39 is 5.56 Å². The number of aromatic amines is 1. The van der Waals surface area contributed by atoms with Gasteiger partial charge < -0.3 is 16.0 Å². The van der Waals surface area contributed by atoms with Crippen molar-refractivity contribution in [3.63, 3.8) is 0 Å². The topological polar surface area (TPSA) is 87.0 Å². The molecule has 0 saturated carbocycles. The molecule has 0 fully saturated rings.